The number of methoxy groups -OCH3 is 1. The number of nitrogens with one attached hydrogen (secondary N) is 2. The van der Waals surface area contributed by atoms with Gasteiger partial charge in [0.05, 0.1) is 13.2 Å². The van der Waals surface area contributed by atoms with Crippen LogP contribution in [0.15, 0.2) is 18.2 Å². The number of carbonyl (C=O) groups excluding carboxylic acids is 1. The van der Waals surface area contributed by atoms with Gasteiger partial charge in [0.15, 0.2) is 5.82 Å². The van der Waals surface area contributed by atoms with E-state index in [1.807, 2.05) is 0 Å². The van der Waals surface area contributed by atoms with Crippen LogP contribution in [-0.2, 0) is 4.74 Å². The van der Waals surface area contributed by atoms with Gasteiger partial charge in [-0.05, 0) is 24.0 Å². The van der Waals surface area contributed by atoms with Crippen molar-refractivity contribution in [1.82, 2.24) is 5.32 Å². The van der Waals surface area contributed by atoms with Crippen molar-refractivity contribution in [3.05, 3.63) is 24.0 Å². The summed E-state index contributed by atoms with van der Waals surface area (Å²) in [6.07, 6.45) is 1.01. The summed E-state index contributed by atoms with van der Waals surface area (Å²) >= 11 is 0. The number of halogens is 1. The molecule has 1 aromatic carbocycles. The number of amides is 2. The molecule has 2 atom stereocenters. The molecule has 2 rings (SSSR count). The summed E-state index contributed by atoms with van der Waals surface area (Å²) in [5, 5.41) is 5.32. The van der Waals surface area contributed by atoms with Crippen molar-refractivity contribution in [3.8, 4) is 5.75 Å². The highest BCUT2D eigenvalue weighted by Crippen LogP contribution is 2.34. The molecule has 2 amide bonds. The van der Waals surface area contributed by atoms with Crippen LogP contribution in [0.25, 0.3) is 0 Å². The lowest BCUT2D eigenvalue weighted by Crippen LogP contribution is -2.40. The number of ether oxygens (including phenoxy) is 2. The van der Waals surface area contributed by atoms with E-state index in [1.54, 1.807) is 6.07 Å². The average Bonchev–Trinajstić information content (AvgIpc) is 2.96. The first-order valence-electron chi connectivity index (χ1n) is 7.82. The van der Waals surface area contributed by atoms with Crippen LogP contribution in [0.3, 0.4) is 0 Å². The molecule has 0 bridgehead atoms. The van der Waals surface area contributed by atoms with Gasteiger partial charge in [-0.1, -0.05) is 26.8 Å². The molecular weight excluding hydrogens is 299 g/mol. The van der Waals surface area contributed by atoms with Gasteiger partial charge in [-0.2, -0.15) is 0 Å². The fourth-order valence-electron chi connectivity index (χ4n) is 2.98. The maximum Gasteiger partial charge on any atom is 0.319 e. The zero-order valence-electron chi connectivity index (χ0n) is 14.1. The van der Waals surface area contributed by atoms with E-state index in [2.05, 4.69) is 31.4 Å². The molecule has 0 spiro atoms. The van der Waals surface area contributed by atoms with Crippen LogP contribution < -0.4 is 15.4 Å². The molecule has 0 unspecified atom stereocenters. The Morgan fingerprint density at radius 3 is 2.83 bits per heavy atom. The Hall–Kier alpha value is -1.82. The van der Waals surface area contributed by atoms with Crippen LogP contribution in [0.2, 0.25) is 0 Å². The molecule has 0 saturated carbocycles. The van der Waals surface area contributed by atoms with E-state index in [0.717, 1.165) is 6.42 Å². The van der Waals surface area contributed by atoms with Crippen LogP contribution >= 0.6 is 0 Å². The van der Waals surface area contributed by atoms with Gasteiger partial charge in [0, 0.05) is 19.1 Å². The van der Waals surface area contributed by atoms with E-state index in [0.29, 0.717) is 13.2 Å². The third-order valence-electron chi connectivity index (χ3n) is 4.03. The van der Waals surface area contributed by atoms with Gasteiger partial charge in [0.1, 0.15) is 11.4 Å². The van der Waals surface area contributed by atoms with E-state index in [1.165, 1.54) is 19.2 Å². The molecule has 1 aromatic rings. The first-order valence-corrected chi connectivity index (χ1v) is 7.82. The van der Waals surface area contributed by atoms with Crippen molar-refractivity contribution in [2.24, 2.45) is 11.3 Å². The number of para-hydroxylation sites is 1. The van der Waals surface area contributed by atoms with Crippen LogP contribution in [-0.4, -0.2) is 32.4 Å². The lowest BCUT2D eigenvalue weighted by molar-refractivity contribution is 0.00782. The largest absolute Gasteiger partial charge is 0.494 e. The summed E-state index contributed by atoms with van der Waals surface area (Å²) in [6.45, 7) is 7.57. The number of benzene rings is 1. The molecule has 0 aliphatic carbocycles. The highest BCUT2D eigenvalue weighted by atomic mass is 19.1. The Morgan fingerprint density at radius 2 is 2.17 bits per heavy atom. The zero-order valence-corrected chi connectivity index (χ0v) is 14.1. The molecule has 1 saturated heterocycles. The number of urea groups is 1. The van der Waals surface area contributed by atoms with E-state index in [-0.39, 0.29) is 28.9 Å². The molecule has 5 nitrogen and oxygen atoms in total. The van der Waals surface area contributed by atoms with Gasteiger partial charge in [0.2, 0.25) is 0 Å². The first kappa shape index (κ1) is 17.5. The monoisotopic (exact) mass is 324 g/mol. The minimum atomic E-state index is -0.531. The van der Waals surface area contributed by atoms with Gasteiger partial charge < -0.3 is 20.1 Å². The fourth-order valence-corrected chi connectivity index (χ4v) is 2.98. The molecule has 1 aliphatic rings. The van der Waals surface area contributed by atoms with Crippen molar-refractivity contribution < 1.29 is 18.7 Å². The smallest absolute Gasteiger partial charge is 0.319 e. The first-order chi connectivity index (χ1) is 10.8. The van der Waals surface area contributed by atoms with E-state index < -0.39 is 11.8 Å². The Bertz CT molecular complexity index is 557. The van der Waals surface area contributed by atoms with Gasteiger partial charge in [0.25, 0.3) is 0 Å². The number of rotatable bonds is 4. The van der Waals surface area contributed by atoms with E-state index >= 15 is 0 Å². The fraction of sp³-hybridized carbons (Fsp3) is 0.588. The zero-order chi connectivity index (χ0) is 17.0. The number of hydrogen-bond acceptors (Lipinski definition) is 3. The second kappa shape index (κ2) is 7.17. The van der Waals surface area contributed by atoms with Crippen molar-refractivity contribution in [3.63, 3.8) is 0 Å². The summed E-state index contributed by atoms with van der Waals surface area (Å²) in [7, 11) is 1.43. The minimum absolute atomic E-state index is 0.0219. The SMILES string of the molecule is COc1cccc(F)c1NC(=O)NC[C@H]1CCO[C@@H]1C(C)(C)C. The van der Waals surface area contributed by atoms with Crippen LogP contribution in [0.5, 0.6) is 5.75 Å². The standard InChI is InChI=1S/C17H25FN2O3/c1-17(2,3)15-11(8-9-23-15)10-19-16(21)20-14-12(18)6-5-7-13(14)22-4/h5-7,11,15H,8-10H2,1-4H3,(H2,19,20,21)/t11-,15+/m1/s1. The predicted molar refractivity (Wildman–Crippen MR) is 87.3 cm³/mol. The lowest BCUT2D eigenvalue weighted by Gasteiger charge is -2.31. The summed E-state index contributed by atoms with van der Waals surface area (Å²) in [5.74, 6) is 0.0106. The van der Waals surface area contributed by atoms with Crippen molar-refractivity contribution in [2.45, 2.75) is 33.3 Å². The normalized spacial score (nSPS) is 21.1. The molecule has 1 aliphatic heterocycles. The molecule has 23 heavy (non-hydrogen) atoms. The predicted octanol–water partition coefficient (Wildman–Crippen LogP) is 3.41. The van der Waals surface area contributed by atoms with Crippen LogP contribution in [0.1, 0.15) is 27.2 Å². The molecule has 0 radical (unpaired) electrons. The maximum atomic E-state index is 13.8. The van der Waals surface area contributed by atoms with Crippen molar-refractivity contribution in [1.29, 1.82) is 0 Å². The van der Waals surface area contributed by atoms with Crippen LogP contribution in [0, 0.1) is 17.2 Å². The quantitative estimate of drug-likeness (QED) is 0.892. The third-order valence-corrected chi connectivity index (χ3v) is 4.03. The number of hydrogen-bond donors (Lipinski definition) is 2. The Kier molecular flexibility index (Phi) is 5.46. The molecule has 1 heterocycles. The minimum Gasteiger partial charge on any atom is -0.494 e. The summed E-state index contributed by atoms with van der Waals surface area (Å²) in [6, 6.07) is 3.95. The Morgan fingerprint density at radius 1 is 1.43 bits per heavy atom. The van der Waals surface area contributed by atoms with Gasteiger partial charge in [-0.15, -0.1) is 0 Å². The molecule has 6 heteroatoms. The number of anilines is 1. The average molecular weight is 324 g/mol. The molecule has 128 valence electrons. The maximum absolute atomic E-state index is 13.8. The molecule has 1 fully saturated rings. The second-order valence-corrected chi connectivity index (χ2v) is 6.86. The van der Waals surface area contributed by atoms with Gasteiger partial charge in [-0.3, -0.25) is 0 Å². The van der Waals surface area contributed by atoms with Gasteiger partial charge >= 0.3 is 6.03 Å². The number of carbonyl (C=O) groups is 1. The highest BCUT2D eigenvalue weighted by Gasteiger charge is 2.37. The molecule has 0 aromatic heterocycles. The lowest BCUT2D eigenvalue weighted by atomic mass is 9.81. The van der Waals surface area contributed by atoms with Crippen molar-refractivity contribution >= 4 is 11.7 Å². The van der Waals surface area contributed by atoms with Crippen molar-refractivity contribution in [2.75, 3.05) is 25.6 Å². The second-order valence-electron chi connectivity index (χ2n) is 6.86. The summed E-state index contributed by atoms with van der Waals surface area (Å²) in [5.41, 5.74) is 0.0659. The molecule has 2 N–H and O–H groups in total. The molecular formula is C17H25FN2O3. The topological polar surface area (TPSA) is 59.6 Å². The van der Waals surface area contributed by atoms with E-state index in [9.17, 15) is 9.18 Å². The van der Waals surface area contributed by atoms with E-state index in [4.69, 9.17) is 9.47 Å². The Balaban J connectivity index is 1.94. The van der Waals surface area contributed by atoms with Crippen LogP contribution in [0.4, 0.5) is 14.9 Å². The Labute approximate surface area is 136 Å². The van der Waals surface area contributed by atoms with Gasteiger partial charge in [-0.25, -0.2) is 9.18 Å². The third kappa shape index (κ3) is 4.34. The highest BCUT2D eigenvalue weighted by molar-refractivity contribution is 5.91. The summed E-state index contributed by atoms with van der Waals surface area (Å²) < 4.78 is 24.7. The summed E-state index contributed by atoms with van der Waals surface area (Å²) in [4.78, 5) is 12.1.